The van der Waals surface area contributed by atoms with Crippen LogP contribution in [0.3, 0.4) is 0 Å². The second-order valence-electron chi connectivity index (χ2n) is 9.77. The molecule has 1 amide bonds. The minimum Gasteiger partial charge on any atom is -0.337 e. The SMILES string of the molecule is CC(C)Cn1c(=O)[nH]c(=O)c2c(C(=O)N3CCC(N4CCCC4)C3)cc(C3CC3)nc21. The van der Waals surface area contributed by atoms with Crippen LogP contribution in [-0.2, 0) is 6.54 Å². The molecular formula is C23H31N5O3. The number of nitrogens with zero attached hydrogens (tertiary/aromatic N) is 4. The predicted octanol–water partition coefficient (Wildman–Crippen LogP) is 1.93. The van der Waals surface area contributed by atoms with E-state index in [0.29, 0.717) is 42.8 Å². The number of H-pyrrole nitrogens is 1. The number of aromatic nitrogens is 3. The fraction of sp³-hybridized carbons (Fsp3) is 0.652. The van der Waals surface area contributed by atoms with Crippen molar-refractivity contribution in [2.75, 3.05) is 26.2 Å². The van der Waals surface area contributed by atoms with E-state index in [1.807, 2.05) is 24.8 Å². The van der Waals surface area contributed by atoms with Crippen molar-refractivity contribution < 1.29 is 4.79 Å². The number of carbonyl (C=O) groups excluding carboxylic acids is 1. The van der Waals surface area contributed by atoms with Gasteiger partial charge in [-0.3, -0.25) is 24.0 Å². The molecule has 2 aromatic heterocycles. The molecule has 8 nitrogen and oxygen atoms in total. The molecule has 1 unspecified atom stereocenters. The first-order valence-corrected chi connectivity index (χ1v) is 11.6. The number of nitrogens with one attached hydrogen (secondary N) is 1. The van der Waals surface area contributed by atoms with Crippen molar-refractivity contribution >= 4 is 16.9 Å². The second-order valence-corrected chi connectivity index (χ2v) is 9.77. The molecule has 0 aromatic carbocycles. The van der Waals surface area contributed by atoms with Gasteiger partial charge in [-0.05, 0) is 57.2 Å². The maximum atomic E-state index is 13.6. The van der Waals surface area contributed by atoms with Crippen molar-refractivity contribution in [3.63, 3.8) is 0 Å². The molecular weight excluding hydrogens is 394 g/mol. The van der Waals surface area contributed by atoms with Gasteiger partial charge in [-0.25, -0.2) is 9.78 Å². The third-order valence-electron chi connectivity index (χ3n) is 6.85. The minimum atomic E-state index is -0.520. The van der Waals surface area contributed by atoms with Crippen molar-refractivity contribution in [2.24, 2.45) is 5.92 Å². The summed E-state index contributed by atoms with van der Waals surface area (Å²) in [5.74, 6) is 0.405. The Labute approximate surface area is 181 Å². The monoisotopic (exact) mass is 425 g/mol. The minimum absolute atomic E-state index is 0.115. The standard InChI is InChI=1S/C23H31N5O3/c1-14(2)12-28-20-19(21(29)25-23(28)31)17(11-18(24-20)15-5-6-15)22(30)27-10-7-16(13-27)26-8-3-4-9-26/h11,14-16H,3-10,12-13H2,1-2H3,(H,25,29,31). The summed E-state index contributed by atoms with van der Waals surface area (Å²) in [4.78, 5) is 50.6. The molecule has 3 fully saturated rings. The van der Waals surface area contributed by atoms with Crippen LogP contribution in [0.5, 0.6) is 0 Å². The van der Waals surface area contributed by atoms with Crippen LogP contribution in [0.15, 0.2) is 15.7 Å². The van der Waals surface area contributed by atoms with Crippen molar-refractivity contribution in [3.8, 4) is 0 Å². The Bertz CT molecular complexity index is 1120. The highest BCUT2D eigenvalue weighted by atomic mass is 16.2. The summed E-state index contributed by atoms with van der Waals surface area (Å²) in [6, 6.07) is 2.21. The van der Waals surface area contributed by atoms with Crippen molar-refractivity contribution in [1.29, 1.82) is 0 Å². The molecule has 31 heavy (non-hydrogen) atoms. The van der Waals surface area contributed by atoms with Crippen LogP contribution in [0.1, 0.15) is 67.9 Å². The summed E-state index contributed by atoms with van der Waals surface area (Å²) in [5.41, 5.74) is 0.598. The van der Waals surface area contributed by atoms with E-state index >= 15 is 0 Å². The summed E-state index contributed by atoms with van der Waals surface area (Å²) in [6.07, 6.45) is 5.49. The third-order valence-corrected chi connectivity index (χ3v) is 6.85. The average molecular weight is 426 g/mol. The fourth-order valence-electron chi connectivity index (χ4n) is 5.09. The quantitative estimate of drug-likeness (QED) is 0.790. The van der Waals surface area contributed by atoms with Crippen LogP contribution in [0.2, 0.25) is 0 Å². The smallest absolute Gasteiger partial charge is 0.330 e. The lowest BCUT2D eigenvalue weighted by molar-refractivity contribution is 0.0781. The number of pyridine rings is 1. The number of aromatic amines is 1. The second kappa shape index (κ2) is 7.89. The van der Waals surface area contributed by atoms with Crippen molar-refractivity contribution in [1.82, 2.24) is 24.3 Å². The zero-order valence-electron chi connectivity index (χ0n) is 18.4. The van der Waals surface area contributed by atoms with E-state index in [1.54, 1.807) is 0 Å². The Balaban J connectivity index is 1.58. The van der Waals surface area contributed by atoms with Crippen LogP contribution in [0.25, 0.3) is 11.0 Å². The summed E-state index contributed by atoms with van der Waals surface area (Å²) in [6.45, 7) is 8.10. The van der Waals surface area contributed by atoms with Crippen molar-refractivity contribution in [2.45, 2.75) is 64.5 Å². The first kappa shape index (κ1) is 20.4. The molecule has 0 bridgehead atoms. The lowest BCUT2D eigenvalue weighted by Gasteiger charge is -2.24. The molecule has 1 atom stereocenters. The molecule has 1 N–H and O–H groups in total. The van der Waals surface area contributed by atoms with E-state index in [2.05, 4.69) is 9.88 Å². The van der Waals surface area contributed by atoms with E-state index in [9.17, 15) is 14.4 Å². The van der Waals surface area contributed by atoms with Crippen LogP contribution >= 0.6 is 0 Å². The molecule has 2 aromatic rings. The molecule has 5 rings (SSSR count). The predicted molar refractivity (Wildman–Crippen MR) is 119 cm³/mol. The van der Waals surface area contributed by atoms with Gasteiger partial charge in [0.2, 0.25) is 0 Å². The molecule has 1 saturated carbocycles. The number of hydrogen-bond acceptors (Lipinski definition) is 5. The highest BCUT2D eigenvalue weighted by Gasteiger charge is 2.34. The molecule has 1 aliphatic carbocycles. The first-order chi connectivity index (χ1) is 14.9. The van der Waals surface area contributed by atoms with Gasteiger partial charge in [0.25, 0.3) is 11.5 Å². The van der Waals surface area contributed by atoms with E-state index in [4.69, 9.17) is 4.98 Å². The zero-order chi connectivity index (χ0) is 21.7. The number of carbonyl (C=O) groups is 1. The fourth-order valence-corrected chi connectivity index (χ4v) is 5.09. The van der Waals surface area contributed by atoms with Crippen LogP contribution in [-0.4, -0.2) is 62.5 Å². The van der Waals surface area contributed by atoms with E-state index in [0.717, 1.165) is 38.0 Å². The Kier molecular flexibility index (Phi) is 5.20. The topological polar surface area (TPSA) is 91.3 Å². The van der Waals surface area contributed by atoms with Gasteiger partial charge >= 0.3 is 5.69 Å². The van der Waals surface area contributed by atoms with Gasteiger partial charge in [0, 0.05) is 37.3 Å². The van der Waals surface area contributed by atoms with E-state index in [1.165, 1.54) is 17.4 Å². The lowest BCUT2D eigenvalue weighted by Crippen LogP contribution is -2.38. The van der Waals surface area contributed by atoms with Gasteiger partial charge in [0.15, 0.2) is 5.65 Å². The number of rotatable bonds is 5. The van der Waals surface area contributed by atoms with Gasteiger partial charge in [-0.2, -0.15) is 0 Å². The highest BCUT2D eigenvalue weighted by molar-refractivity contribution is 6.05. The van der Waals surface area contributed by atoms with Gasteiger partial charge < -0.3 is 4.90 Å². The Hall–Kier alpha value is -2.48. The van der Waals surface area contributed by atoms with E-state index < -0.39 is 11.2 Å². The molecule has 166 valence electrons. The number of fused-ring (bicyclic) bond motifs is 1. The summed E-state index contributed by atoms with van der Waals surface area (Å²) < 4.78 is 1.53. The van der Waals surface area contributed by atoms with Crippen LogP contribution in [0, 0.1) is 5.92 Å². The lowest BCUT2D eigenvalue weighted by atomic mass is 10.1. The normalized spacial score (nSPS) is 22.2. The van der Waals surface area contributed by atoms with Crippen molar-refractivity contribution in [3.05, 3.63) is 38.2 Å². The molecule has 2 aliphatic heterocycles. The van der Waals surface area contributed by atoms with E-state index in [-0.39, 0.29) is 17.2 Å². The van der Waals surface area contributed by atoms with Gasteiger partial charge in [0.05, 0.1) is 10.9 Å². The molecule has 3 aliphatic rings. The zero-order valence-corrected chi connectivity index (χ0v) is 18.4. The Morgan fingerprint density at radius 1 is 1.16 bits per heavy atom. The molecule has 4 heterocycles. The Morgan fingerprint density at radius 2 is 1.90 bits per heavy atom. The summed E-state index contributed by atoms with van der Waals surface area (Å²) in [5, 5.41) is 0.249. The number of hydrogen-bond donors (Lipinski definition) is 1. The molecule has 8 heteroatoms. The highest BCUT2D eigenvalue weighted by Crippen LogP contribution is 2.40. The maximum absolute atomic E-state index is 13.6. The maximum Gasteiger partial charge on any atom is 0.330 e. The molecule has 0 radical (unpaired) electrons. The molecule has 2 saturated heterocycles. The van der Waals surface area contributed by atoms with Gasteiger partial charge in [-0.1, -0.05) is 13.8 Å². The number of amides is 1. The number of likely N-dealkylation sites (tertiary alicyclic amines) is 2. The summed E-state index contributed by atoms with van der Waals surface area (Å²) in [7, 11) is 0. The van der Waals surface area contributed by atoms with Gasteiger partial charge in [-0.15, -0.1) is 0 Å². The van der Waals surface area contributed by atoms with Crippen LogP contribution < -0.4 is 11.2 Å². The Morgan fingerprint density at radius 3 is 2.58 bits per heavy atom. The van der Waals surface area contributed by atoms with Gasteiger partial charge in [0.1, 0.15) is 0 Å². The first-order valence-electron chi connectivity index (χ1n) is 11.6. The van der Waals surface area contributed by atoms with Crippen LogP contribution in [0.4, 0.5) is 0 Å². The average Bonchev–Trinajstić information content (AvgIpc) is 3.23. The summed E-state index contributed by atoms with van der Waals surface area (Å²) >= 11 is 0. The largest absolute Gasteiger partial charge is 0.337 e. The third kappa shape index (κ3) is 3.82. The molecule has 0 spiro atoms.